The van der Waals surface area contributed by atoms with E-state index in [0.717, 1.165) is 15.4 Å². The second kappa shape index (κ2) is 7.62. The van der Waals surface area contributed by atoms with E-state index in [2.05, 4.69) is 82.3 Å². The van der Waals surface area contributed by atoms with Crippen LogP contribution in [0.1, 0.15) is 30.5 Å². The first-order chi connectivity index (χ1) is 14.1. The molecule has 0 unspecified atom stereocenters. The van der Waals surface area contributed by atoms with Crippen molar-refractivity contribution < 1.29 is 4.74 Å². The van der Waals surface area contributed by atoms with Crippen molar-refractivity contribution >= 4 is 49.1 Å². The molecule has 0 radical (unpaired) electrons. The number of rotatable bonds is 4. The van der Waals surface area contributed by atoms with E-state index in [9.17, 15) is 0 Å². The van der Waals surface area contributed by atoms with Crippen molar-refractivity contribution in [1.29, 1.82) is 0 Å². The van der Waals surface area contributed by atoms with Crippen LogP contribution in [-0.2, 0) is 4.74 Å². The standard InChI is InChI=1S/C11H12NO.2C7H7.Bi.2ClH/c1-11(2)8-13-10(12-11)9-6-4-3-5-7-9;2*1-7-5-3-2-4-6-7;;;/h3-6H,8H2,1-2H3;2*3-6H,1H3;;2*1H/q;;;+2;;/p-2. The molecule has 0 aliphatic carbocycles. The Hall–Kier alpha value is -1.41. The molecule has 0 aromatic heterocycles. The van der Waals surface area contributed by atoms with Gasteiger partial charge in [0.15, 0.2) is 0 Å². The van der Waals surface area contributed by atoms with Crippen molar-refractivity contribution in [3.05, 3.63) is 89.5 Å². The summed E-state index contributed by atoms with van der Waals surface area (Å²) in [5, 5.41) is 0. The van der Waals surface area contributed by atoms with Crippen LogP contribution in [0, 0.1) is 13.8 Å². The monoisotopic (exact) mass is 635 g/mol. The van der Waals surface area contributed by atoms with Gasteiger partial charge in [0, 0.05) is 0 Å². The predicted octanol–water partition coefficient (Wildman–Crippen LogP) is 4.75. The van der Waals surface area contributed by atoms with Crippen molar-refractivity contribution in [3.63, 3.8) is 0 Å². The molecule has 1 aliphatic heterocycles. The number of halogens is 2. The number of hydrogen-bond acceptors (Lipinski definition) is 2. The Morgan fingerprint density at radius 2 is 1.30 bits per heavy atom. The Labute approximate surface area is 187 Å². The average molecular weight is 636 g/mol. The van der Waals surface area contributed by atoms with Gasteiger partial charge in [-0.2, -0.15) is 0 Å². The molecule has 0 saturated carbocycles. The van der Waals surface area contributed by atoms with Crippen LogP contribution >= 0.6 is 17.0 Å². The molecule has 2 nitrogen and oxygen atoms in total. The maximum absolute atomic E-state index is 7.80. The minimum absolute atomic E-state index is 0.263. The molecular weight excluding hydrogens is 610 g/mol. The molecular formula is C25H26BiCl2NO. The summed E-state index contributed by atoms with van der Waals surface area (Å²) in [6.07, 6.45) is 0. The molecule has 0 fully saturated rings. The number of aliphatic imine (C=N–C) groups is 1. The van der Waals surface area contributed by atoms with Crippen LogP contribution in [0.2, 0.25) is 0 Å². The number of aryl methyl sites for hydroxylation is 2. The van der Waals surface area contributed by atoms with Gasteiger partial charge >= 0.3 is 188 Å². The van der Waals surface area contributed by atoms with Crippen molar-refractivity contribution in [2.45, 2.75) is 33.2 Å². The molecule has 0 spiro atoms. The molecule has 0 amide bonds. The van der Waals surface area contributed by atoms with Gasteiger partial charge in [0.25, 0.3) is 0 Å². The molecule has 30 heavy (non-hydrogen) atoms. The normalized spacial score (nSPS) is 17.0. The summed E-state index contributed by atoms with van der Waals surface area (Å²) in [6.45, 7) is 8.81. The summed E-state index contributed by atoms with van der Waals surface area (Å²) in [7, 11) is 15.6. The average Bonchev–Trinajstić information content (AvgIpc) is 3.08. The summed E-state index contributed by atoms with van der Waals surface area (Å²) in [4.78, 5) is 4.82. The Morgan fingerprint density at radius 1 is 0.800 bits per heavy atom. The maximum atomic E-state index is 7.80. The molecule has 4 rings (SSSR count). The fourth-order valence-electron chi connectivity index (χ4n) is 3.76. The van der Waals surface area contributed by atoms with Gasteiger partial charge in [-0.25, -0.2) is 0 Å². The second-order valence-corrected chi connectivity index (χ2v) is 34.9. The van der Waals surface area contributed by atoms with Gasteiger partial charge in [-0.1, -0.05) is 0 Å². The molecule has 1 heterocycles. The number of ether oxygens (including phenoxy) is 1. The zero-order valence-electron chi connectivity index (χ0n) is 17.7. The summed E-state index contributed by atoms with van der Waals surface area (Å²) >= 11 is -5.05. The zero-order chi connectivity index (χ0) is 21.6. The molecule has 1 aliphatic rings. The second-order valence-electron chi connectivity index (χ2n) is 8.61. The quantitative estimate of drug-likeness (QED) is 0.379. The zero-order valence-corrected chi connectivity index (χ0v) is 22.7. The summed E-state index contributed by atoms with van der Waals surface area (Å²) < 4.78 is 8.93. The fraction of sp³-hybridized carbons (Fsp3) is 0.240. The third kappa shape index (κ3) is 3.70. The Bertz CT molecular complexity index is 1070. The van der Waals surface area contributed by atoms with E-state index in [4.69, 9.17) is 26.8 Å². The molecule has 156 valence electrons. The Balaban J connectivity index is 2.04. The van der Waals surface area contributed by atoms with E-state index in [1.54, 1.807) is 0 Å². The van der Waals surface area contributed by atoms with E-state index >= 15 is 0 Å². The third-order valence-corrected chi connectivity index (χ3v) is 29.7. The minimum atomic E-state index is -5.05. The van der Waals surface area contributed by atoms with E-state index < -0.39 is 16.4 Å². The number of nitrogens with zero attached hydrogens (tertiary/aromatic N) is 1. The van der Waals surface area contributed by atoms with Gasteiger partial charge in [0.2, 0.25) is 0 Å². The summed E-state index contributed by atoms with van der Waals surface area (Å²) in [5.41, 5.74) is 2.97. The van der Waals surface area contributed by atoms with Crippen LogP contribution < -0.4 is 9.81 Å². The van der Waals surface area contributed by atoms with Crippen LogP contribution in [0.25, 0.3) is 0 Å². The van der Waals surface area contributed by atoms with Gasteiger partial charge in [-0.15, -0.1) is 0 Å². The van der Waals surface area contributed by atoms with Crippen LogP contribution in [0.5, 0.6) is 0 Å². The van der Waals surface area contributed by atoms with Gasteiger partial charge < -0.3 is 0 Å². The molecule has 0 saturated heterocycles. The summed E-state index contributed by atoms with van der Waals surface area (Å²) in [6, 6.07) is 24.7. The fourth-order valence-corrected chi connectivity index (χ4v) is 22.5. The first-order valence-electron chi connectivity index (χ1n) is 10.0. The first kappa shape index (κ1) is 21.8. The van der Waals surface area contributed by atoms with Crippen LogP contribution in [0.15, 0.2) is 77.8 Å². The van der Waals surface area contributed by atoms with Crippen molar-refractivity contribution in [2.24, 2.45) is 4.99 Å². The van der Waals surface area contributed by atoms with Crippen LogP contribution in [-0.4, -0.2) is 34.4 Å². The van der Waals surface area contributed by atoms with Gasteiger partial charge in [-0.3, -0.25) is 0 Å². The first-order valence-corrected chi connectivity index (χ1v) is 23.8. The van der Waals surface area contributed by atoms with E-state index in [1.165, 1.54) is 11.1 Å². The van der Waals surface area contributed by atoms with Gasteiger partial charge in [-0.05, 0) is 0 Å². The van der Waals surface area contributed by atoms with Crippen molar-refractivity contribution in [3.8, 4) is 0 Å². The summed E-state index contributed by atoms with van der Waals surface area (Å²) in [5.74, 6) is 0.623. The van der Waals surface area contributed by atoms with E-state index in [0.29, 0.717) is 12.5 Å². The van der Waals surface area contributed by atoms with E-state index in [1.807, 2.05) is 18.2 Å². The molecule has 3 aromatic rings. The van der Waals surface area contributed by atoms with E-state index in [-0.39, 0.29) is 5.54 Å². The van der Waals surface area contributed by atoms with Crippen molar-refractivity contribution in [2.75, 3.05) is 6.61 Å². The molecule has 3 aromatic carbocycles. The SMILES string of the molecule is Cc1cc[c]([Bi]([Cl])([Cl])([c]2ccc(C)cc2)[c]2ccccc2C2=NC(C)(C)CO2)cc1. The van der Waals surface area contributed by atoms with Crippen LogP contribution in [0.4, 0.5) is 0 Å². The van der Waals surface area contributed by atoms with Gasteiger partial charge in [0.05, 0.1) is 0 Å². The molecule has 0 N–H and O–H groups in total. The molecule has 0 bridgehead atoms. The Kier molecular flexibility index (Phi) is 5.54. The molecule has 5 heteroatoms. The topological polar surface area (TPSA) is 21.6 Å². The van der Waals surface area contributed by atoms with Gasteiger partial charge in [0.1, 0.15) is 0 Å². The third-order valence-electron chi connectivity index (χ3n) is 5.50. The predicted molar refractivity (Wildman–Crippen MR) is 132 cm³/mol. The Morgan fingerprint density at radius 3 is 1.77 bits per heavy atom. The number of hydrogen-bond donors (Lipinski definition) is 0. The van der Waals surface area contributed by atoms with Crippen LogP contribution in [0.3, 0.4) is 0 Å². The number of benzene rings is 3. The molecule has 0 atom stereocenters. The van der Waals surface area contributed by atoms with Crippen molar-refractivity contribution in [1.82, 2.24) is 0 Å².